The monoisotopic (exact) mass is 447 g/mol. The van der Waals surface area contributed by atoms with Gasteiger partial charge in [-0.05, 0) is 37.8 Å². The van der Waals surface area contributed by atoms with Crippen molar-refractivity contribution in [1.82, 2.24) is 19.9 Å². The molecule has 0 unspecified atom stereocenters. The Hall–Kier alpha value is -3.75. The number of esters is 1. The van der Waals surface area contributed by atoms with Crippen molar-refractivity contribution in [3.05, 3.63) is 60.4 Å². The molecule has 1 aliphatic carbocycles. The molecule has 3 aromatic rings. The van der Waals surface area contributed by atoms with Crippen molar-refractivity contribution in [2.24, 2.45) is 0 Å². The number of amides is 1. The van der Waals surface area contributed by atoms with Crippen LogP contribution in [0.3, 0.4) is 0 Å². The second-order valence-corrected chi connectivity index (χ2v) is 8.37. The highest BCUT2D eigenvalue weighted by atomic mass is 16.5. The molecule has 0 N–H and O–H groups in total. The van der Waals surface area contributed by atoms with Gasteiger partial charge in [0.2, 0.25) is 5.95 Å². The summed E-state index contributed by atoms with van der Waals surface area (Å²) in [7, 11) is 1.33. The van der Waals surface area contributed by atoms with Crippen LogP contribution < -0.4 is 4.90 Å². The highest BCUT2D eigenvalue weighted by molar-refractivity contribution is 5.95. The summed E-state index contributed by atoms with van der Waals surface area (Å²) >= 11 is 0. The van der Waals surface area contributed by atoms with Crippen LogP contribution in [-0.2, 0) is 4.74 Å². The molecule has 1 amide bonds. The third kappa shape index (κ3) is 4.44. The van der Waals surface area contributed by atoms with Gasteiger partial charge in [0.1, 0.15) is 0 Å². The second-order valence-electron chi connectivity index (χ2n) is 8.37. The van der Waals surface area contributed by atoms with Gasteiger partial charge in [-0.25, -0.2) is 19.7 Å². The Morgan fingerprint density at radius 3 is 2.21 bits per heavy atom. The lowest BCUT2D eigenvalue weighted by Gasteiger charge is -2.39. The van der Waals surface area contributed by atoms with Crippen molar-refractivity contribution < 1.29 is 18.7 Å². The maximum absolute atomic E-state index is 13.4. The van der Waals surface area contributed by atoms with Gasteiger partial charge in [-0.3, -0.25) is 4.79 Å². The van der Waals surface area contributed by atoms with Crippen LogP contribution in [0.5, 0.6) is 0 Å². The predicted molar refractivity (Wildman–Crippen MR) is 120 cm³/mol. The Balaban J connectivity index is 1.24. The van der Waals surface area contributed by atoms with Crippen molar-refractivity contribution in [2.45, 2.75) is 37.8 Å². The third-order valence-electron chi connectivity index (χ3n) is 6.22. The third-order valence-corrected chi connectivity index (χ3v) is 6.22. The van der Waals surface area contributed by atoms with Crippen LogP contribution in [0.25, 0.3) is 11.3 Å². The number of aromatic nitrogens is 3. The van der Waals surface area contributed by atoms with Crippen LogP contribution in [-0.4, -0.2) is 64.0 Å². The minimum absolute atomic E-state index is 0.0822. The zero-order valence-corrected chi connectivity index (χ0v) is 18.4. The van der Waals surface area contributed by atoms with Crippen molar-refractivity contribution >= 4 is 17.8 Å². The fourth-order valence-electron chi connectivity index (χ4n) is 4.32. The molecular weight excluding hydrogens is 422 g/mol. The number of methoxy groups -OCH3 is 1. The number of benzene rings is 1. The first-order valence-corrected chi connectivity index (χ1v) is 11.1. The SMILES string of the molecule is COC(=O)c1cnc(N2CCC(N(C(=O)c3ccc(-c4cnco4)cc3)C3CC3)CC2)nc1. The zero-order chi connectivity index (χ0) is 22.8. The molecule has 5 rings (SSSR count). The largest absolute Gasteiger partial charge is 0.465 e. The first kappa shape index (κ1) is 21.1. The summed E-state index contributed by atoms with van der Waals surface area (Å²) in [5.41, 5.74) is 1.92. The number of carbonyl (C=O) groups excluding carboxylic acids is 2. The summed E-state index contributed by atoms with van der Waals surface area (Å²) in [6.45, 7) is 1.51. The number of oxazole rings is 1. The second kappa shape index (κ2) is 9.01. The van der Waals surface area contributed by atoms with E-state index in [-0.39, 0.29) is 11.9 Å². The quantitative estimate of drug-likeness (QED) is 0.531. The first-order chi connectivity index (χ1) is 16.1. The molecule has 170 valence electrons. The average Bonchev–Trinajstić information content (AvgIpc) is 3.55. The standard InChI is InChI=1S/C24H25N5O4/c1-32-23(31)18-12-26-24(27-13-18)28-10-8-20(9-11-28)29(19-6-7-19)22(30)17-4-2-16(3-5-17)21-14-25-15-33-21/h2-5,12-15,19-20H,6-11H2,1H3. The van der Waals surface area contributed by atoms with E-state index in [1.54, 1.807) is 6.20 Å². The van der Waals surface area contributed by atoms with E-state index in [1.165, 1.54) is 25.9 Å². The topological polar surface area (TPSA) is 102 Å². The fraction of sp³-hybridized carbons (Fsp3) is 0.375. The number of piperidine rings is 1. The lowest BCUT2D eigenvalue weighted by Crippen LogP contribution is -2.48. The van der Waals surface area contributed by atoms with Gasteiger partial charge in [-0.1, -0.05) is 12.1 Å². The van der Waals surface area contributed by atoms with E-state index in [9.17, 15) is 9.59 Å². The van der Waals surface area contributed by atoms with Gasteiger partial charge in [0, 0.05) is 48.7 Å². The Bertz CT molecular complexity index is 1100. The van der Waals surface area contributed by atoms with Gasteiger partial charge in [0.15, 0.2) is 12.2 Å². The number of carbonyl (C=O) groups is 2. The molecular formula is C24H25N5O4. The number of ether oxygens (including phenoxy) is 1. The molecule has 1 saturated heterocycles. The molecule has 0 atom stereocenters. The smallest absolute Gasteiger partial charge is 0.341 e. The molecule has 0 bridgehead atoms. The number of anilines is 1. The summed E-state index contributed by atoms with van der Waals surface area (Å²) < 4.78 is 10.0. The minimum Gasteiger partial charge on any atom is -0.465 e. The molecule has 2 aliphatic rings. The van der Waals surface area contributed by atoms with Gasteiger partial charge in [0.25, 0.3) is 5.91 Å². The summed E-state index contributed by atoms with van der Waals surface area (Å²) in [4.78, 5) is 41.8. The van der Waals surface area contributed by atoms with Crippen molar-refractivity contribution in [3.63, 3.8) is 0 Å². The molecule has 33 heavy (non-hydrogen) atoms. The van der Waals surface area contributed by atoms with Gasteiger partial charge in [-0.15, -0.1) is 0 Å². The van der Waals surface area contributed by atoms with E-state index in [0.29, 0.717) is 28.9 Å². The number of hydrogen-bond donors (Lipinski definition) is 0. The molecule has 1 aromatic carbocycles. The van der Waals surface area contributed by atoms with E-state index < -0.39 is 5.97 Å². The van der Waals surface area contributed by atoms with Crippen LogP contribution in [0.15, 0.2) is 53.7 Å². The Morgan fingerprint density at radius 1 is 0.970 bits per heavy atom. The van der Waals surface area contributed by atoms with Crippen molar-refractivity contribution in [3.8, 4) is 11.3 Å². The van der Waals surface area contributed by atoms with E-state index in [4.69, 9.17) is 9.15 Å². The van der Waals surface area contributed by atoms with E-state index >= 15 is 0 Å². The summed E-state index contributed by atoms with van der Waals surface area (Å²) in [6, 6.07) is 8.03. The maximum Gasteiger partial charge on any atom is 0.341 e. The molecule has 1 aliphatic heterocycles. The molecule has 2 aromatic heterocycles. The Kier molecular flexibility index (Phi) is 5.77. The number of rotatable bonds is 6. The van der Waals surface area contributed by atoms with Crippen LogP contribution in [0, 0.1) is 0 Å². The molecule has 2 fully saturated rings. The van der Waals surface area contributed by atoms with Gasteiger partial charge >= 0.3 is 5.97 Å². The van der Waals surface area contributed by atoms with Crippen LogP contribution in [0.4, 0.5) is 5.95 Å². The number of nitrogens with zero attached hydrogens (tertiary/aromatic N) is 5. The maximum atomic E-state index is 13.4. The predicted octanol–water partition coefficient (Wildman–Crippen LogP) is 3.19. The Morgan fingerprint density at radius 2 is 1.64 bits per heavy atom. The first-order valence-electron chi connectivity index (χ1n) is 11.1. The van der Waals surface area contributed by atoms with Crippen molar-refractivity contribution in [2.75, 3.05) is 25.1 Å². The van der Waals surface area contributed by atoms with E-state index in [2.05, 4.69) is 24.8 Å². The fourth-order valence-corrected chi connectivity index (χ4v) is 4.32. The van der Waals surface area contributed by atoms with E-state index in [1.807, 2.05) is 24.3 Å². The Labute approximate surface area is 191 Å². The molecule has 9 heteroatoms. The van der Waals surface area contributed by atoms with Gasteiger partial charge < -0.3 is 19.0 Å². The highest BCUT2D eigenvalue weighted by Gasteiger charge is 2.39. The molecule has 9 nitrogen and oxygen atoms in total. The lowest BCUT2D eigenvalue weighted by molar-refractivity contribution is 0.0598. The molecule has 0 spiro atoms. The summed E-state index contributed by atoms with van der Waals surface area (Å²) in [5.74, 6) is 0.905. The normalized spacial score (nSPS) is 16.5. The highest BCUT2D eigenvalue weighted by Crippen LogP contribution is 2.34. The lowest BCUT2D eigenvalue weighted by atomic mass is 10.0. The van der Waals surface area contributed by atoms with Gasteiger partial charge in [0.05, 0.1) is 18.9 Å². The molecule has 0 radical (unpaired) electrons. The average molecular weight is 447 g/mol. The van der Waals surface area contributed by atoms with Crippen LogP contribution >= 0.6 is 0 Å². The van der Waals surface area contributed by atoms with Crippen molar-refractivity contribution in [1.29, 1.82) is 0 Å². The van der Waals surface area contributed by atoms with Crippen LogP contribution in [0.2, 0.25) is 0 Å². The minimum atomic E-state index is -0.451. The zero-order valence-electron chi connectivity index (χ0n) is 18.4. The summed E-state index contributed by atoms with van der Waals surface area (Å²) in [5, 5.41) is 0. The van der Waals surface area contributed by atoms with Gasteiger partial charge in [-0.2, -0.15) is 0 Å². The molecule has 3 heterocycles. The number of hydrogen-bond acceptors (Lipinski definition) is 8. The van der Waals surface area contributed by atoms with E-state index in [0.717, 1.165) is 44.3 Å². The van der Waals surface area contributed by atoms with Crippen LogP contribution in [0.1, 0.15) is 46.4 Å². The molecule has 1 saturated carbocycles. The summed E-state index contributed by atoms with van der Waals surface area (Å²) in [6.07, 6.45) is 9.84.